The lowest BCUT2D eigenvalue weighted by Crippen LogP contribution is -2.42. The van der Waals surface area contributed by atoms with Crippen molar-refractivity contribution in [2.75, 3.05) is 26.7 Å². The summed E-state index contributed by atoms with van der Waals surface area (Å²) in [7, 11) is -1.72. The number of aromatic nitrogens is 1. The first kappa shape index (κ1) is 17.5. The Morgan fingerprint density at radius 2 is 1.91 bits per heavy atom. The van der Waals surface area contributed by atoms with Crippen molar-refractivity contribution in [3.8, 4) is 0 Å². The number of nitrogens with one attached hydrogen (secondary N) is 3. The molecule has 0 aromatic carbocycles. The first-order valence-corrected chi connectivity index (χ1v) is 9.56. The summed E-state index contributed by atoms with van der Waals surface area (Å²) < 4.78 is 28.8. The predicted molar refractivity (Wildman–Crippen MR) is 93.3 cm³/mol. The molecule has 7 nitrogen and oxygen atoms in total. The Hall–Kier alpha value is -1.84. The Kier molecular flexibility index (Phi) is 6.63. The molecule has 0 spiro atoms. The van der Waals surface area contributed by atoms with Gasteiger partial charge in [0.15, 0.2) is 5.96 Å². The molecule has 0 aliphatic carbocycles. The molecule has 0 fully saturated rings. The fraction of sp³-hybridized carbons (Fsp3) is 0.357. The molecular formula is C14H21N5O2S2. The van der Waals surface area contributed by atoms with Crippen LogP contribution in [0, 0.1) is 0 Å². The molecular weight excluding hydrogens is 334 g/mol. The van der Waals surface area contributed by atoms with Crippen molar-refractivity contribution < 1.29 is 8.42 Å². The molecule has 9 heteroatoms. The molecule has 0 aliphatic heterocycles. The van der Waals surface area contributed by atoms with Gasteiger partial charge in [0.25, 0.3) is 0 Å². The van der Waals surface area contributed by atoms with E-state index in [0.717, 1.165) is 13.1 Å². The second-order valence-corrected chi connectivity index (χ2v) is 7.62. The summed E-state index contributed by atoms with van der Waals surface area (Å²) in [5.74, 6) is 0.646. The van der Waals surface area contributed by atoms with E-state index in [1.807, 2.05) is 24.5 Å². The molecule has 2 rings (SSSR count). The van der Waals surface area contributed by atoms with Crippen LogP contribution in [0.2, 0.25) is 0 Å². The van der Waals surface area contributed by atoms with Gasteiger partial charge in [-0.05, 0) is 23.6 Å². The fourth-order valence-corrected chi connectivity index (χ4v) is 3.97. The van der Waals surface area contributed by atoms with E-state index in [4.69, 9.17) is 0 Å². The topological polar surface area (TPSA) is 87.5 Å². The highest BCUT2D eigenvalue weighted by molar-refractivity contribution is 7.91. The molecule has 0 amide bonds. The van der Waals surface area contributed by atoms with Gasteiger partial charge < -0.3 is 15.2 Å². The van der Waals surface area contributed by atoms with Crippen LogP contribution >= 0.6 is 11.3 Å². The zero-order valence-corrected chi connectivity index (χ0v) is 14.5. The van der Waals surface area contributed by atoms with Crippen LogP contribution < -0.4 is 15.4 Å². The van der Waals surface area contributed by atoms with Gasteiger partial charge >= 0.3 is 0 Å². The van der Waals surface area contributed by atoms with E-state index in [-0.39, 0.29) is 0 Å². The molecule has 0 bridgehead atoms. The van der Waals surface area contributed by atoms with Crippen molar-refractivity contribution in [2.24, 2.45) is 4.99 Å². The number of nitrogens with zero attached hydrogens (tertiary/aromatic N) is 2. The summed E-state index contributed by atoms with van der Waals surface area (Å²) in [6, 6.07) is 7.26. The van der Waals surface area contributed by atoms with Crippen molar-refractivity contribution >= 4 is 27.3 Å². The Labute approximate surface area is 140 Å². The third kappa shape index (κ3) is 5.70. The van der Waals surface area contributed by atoms with Gasteiger partial charge in [0, 0.05) is 45.6 Å². The minimum atomic E-state index is -3.40. The van der Waals surface area contributed by atoms with Crippen molar-refractivity contribution in [3.05, 3.63) is 42.0 Å². The number of hydrogen-bond acceptors (Lipinski definition) is 4. The molecule has 126 valence electrons. The number of thiophene rings is 1. The highest BCUT2D eigenvalue weighted by atomic mass is 32.2. The average Bonchev–Trinajstić information content (AvgIpc) is 3.22. The third-order valence-corrected chi connectivity index (χ3v) is 5.88. The van der Waals surface area contributed by atoms with Gasteiger partial charge in [-0.15, -0.1) is 11.3 Å². The predicted octanol–water partition coefficient (Wildman–Crippen LogP) is 0.693. The van der Waals surface area contributed by atoms with E-state index >= 15 is 0 Å². The maximum atomic E-state index is 11.9. The maximum Gasteiger partial charge on any atom is 0.250 e. The van der Waals surface area contributed by atoms with Crippen LogP contribution in [-0.4, -0.2) is 45.6 Å². The highest BCUT2D eigenvalue weighted by Crippen LogP contribution is 2.14. The third-order valence-electron chi connectivity index (χ3n) is 3.02. The summed E-state index contributed by atoms with van der Waals surface area (Å²) in [5.41, 5.74) is 0. The smallest absolute Gasteiger partial charge is 0.250 e. The summed E-state index contributed by atoms with van der Waals surface area (Å²) >= 11 is 1.20. The normalized spacial score (nSPS) is 12.3. The molecule has 0 saturated heterocycles. The lowest BCUT2D eigenvalue weighted by Gasteiger charge is -2.12. The van der Waals surface area contributed by atoms with E-state index in [0.29, 0.717) is 23.3 Å². The SMILES string of the molecule is CN=C(NCCNS(=O)(=O)c1cccs1)NCCn1cccc1. The quantitative estimate of drug-likeness (QED) is 0.369. The first-order valence-electron chi connectivity index (χ1n) is 7.20. The van der Waals surface area contributed by atoms with Gasteiger partial charge in [-0.1, -0.05) is 6.07 Å². The Bertz CT molecular complexity index is 694. The molecule has 3 N–H and O–H groups in total. The average molecular weight is 355 g/mol. The van der Waals surface area contributed by atoms with Crippen LogP contribution in [0.15, 0.2) is 51.2 Å². The van der Waals surface area contributed by atoms with E-state index in [2.05, 4.69) is 24.9 Å². The fourth-order valence-electron chi connectivity index (χ4n) is 1.90. The minimum Gasteiger partial charge on any atom is -0.355 e. The summed E-state index contributed by atoms with van der Waals surface area (Å²) in [5, 5.41) is 7.99. The van der Waals surface area contributed by atoms with Crippen LogP contribution in [0.3, 0.4) is 0 Å². The van der Waals surface area contributed by atoms with Gasteiger partial charge in [0.05, 0.1) is 0 Å². The number of aliphatic imine (C=N–C) groups is 1. The molecule has 23 heavy (non-hydrogen) atoms. The van der Waals surface area contributed by atoms with E-state index in [1.165, 1.54) is 11.3 Å². The summed E-state index contributed by atoms with van der Waals surface area (Å²) in [6.07, 6.45) is 3.99. The van der Waals surface area contributed by atoms with Crippen LogP contribution in [0.1, 0.15) is 0 Å². The number of hydrogen-bond donors (Lipinski definition) is 3. The second-order valence-electron chi connectivity index (χ2n) is 4.68. The maximum absolute atomic E-state index is 11.9. The Morgan fingerprint density at radius 1 is 1.17 bits per heavy atom. The molecule has 0 radical (unpaired) electrons. The second kappa shape index (κ2) is 8.70. The van der Waals surface area contributed by atoms with Gasteiger partial charge in [-0.3, -0.25) is 4.99 Å². The van der Waals surface area contributed by atoms with E-state index < -0.39 is 10.0 Å². The molecule has 0 atom stereocenters. The van der Waals surface area contributed by atoms with Gasteiger partial charge in [0.1, 0.15) is 4.21 Å². The molecule has 2 aromatic rings. The van der Waals surface area contributed by atoms with Crippen molar-refractivity contribution in [1.82, 2.24) is 19.9 Å². The highest BCUT2D eigenvalue weighted by Gasteiger charge is 2.13. The first-order chi connectivity index (χ1) is 11.1. The minimum absolute atomic E-state index is 0.290. The molecule has 0 saturated carbocycles. The van der Waals surface area contributed by atoms with Crippen LogP contribution in [0.4, 0.5) is 0 Å². The lowest BCUT2D eigenvalue weighted by molar-refractivity contribution is 0.582. The summed E-state index contributed by atoms with van der Waals surface area (Å²) in [4.78, 5) is 4.10. The molecule has 2 aromatic heterocycles. The Morgan fingerprint density at radius 3 is 2.57 bits per heavy atom. The van der Waals surface area contributed by atoms with Crippen LogP contribution in [-0.2, 0) is 16.6 Å². The van der Waals surface area contributed by atoms with Gasteiger partial charge in [-0.2, -0.15) is 0 Å². The van der Waals surface area contributed by atoms with Crippen molar-refractivity contribution in [3.63, 3.8) is 0 Å². The van der Waals surface area contributed by atoms with Crippen molar-refractivity contribution in [1.29, 1.82) is 0 Å². The Balaban J connectivity index is 1.66. The van der Waals surface area contributed by atoms with Gasteiger partial charge in [-0.25, -0.2) is 13.1 Å². The zero-order chi connectivity index (χ0) is 16.5. The number of sulfonamides is 1. The van der Waals surface area contributed by atoms with E-state index in [1.54, 1.807) is 24.6 Å². The van der Waals surface area contributed by atoms with Gasteiger partial charge in [0.2, 0.25) is 10.0 Å². The van der Waals surface area contributed by atoms with Crippen LogP contribution in [0.25, 0.3) is 0 Å². The molecule has 2 heterocycles. The molecule has 0 aliphatic rings. The largest absolute Gasteiger partial charge is 0.355 e. The summed E-state index contributed by atoms with van der Waals surface area (Å²) in [6.45, 7) is 2.31. The monoisotopic (exact) mass is 355 g/mol. The van der Waals surface area contributed by atoms with E-state index in [9.17, 15) is 8.42 Å². The van der Waals surface area contributed by atoms with Crippen LogP contribution in [0.5, 0.6) is 0 Å². The number of rotatable bonds is 8. The number of guanidine groups is 1. The lowest BCUT2D eigenvalue weighted by atomic mass is 10.6. The zero-order valence-electron chi connectivity index (χ0n) is 12.9. The standard InChI is InChI=1S/C14H21N5O2S2/c1-15-14(17-8-11-19-9-2-3-10-19)16-6-7-18-23(20,21)13-5-4-12-22-13/h2-5,9-10,12,18H,6-8,11H2,1H3,(H2,15,16,17). The van der Waals surface area contributed by atoms with Crippen molar-refractivity contribution in [2.45, 2.75) is 10.8 Å². The molecule has 0 unspecified atom stereocenters.